The average Bonchev–Trinajstić information content (AvgIpc) is 2.62. The van der Waals surface area contributed by atoms with Crippen LogP contribution in [0.4, 0.5) is 0 Å². The molecule has 1 saturated heterocycles. The van der Waals surface area contributed by atoms with Gasteiger partial charge in [0.15, 0.2) is 0 Å². The summed E-state index contributed by atoms with van der Waals surface area (Å²) in [6, 6.07) is -0.258. The normalized spacial score (nSPS) is 21.0. The van der Waals surface area contributed by atoms with Crippen LogP contribution >= 0.6 is 0 Å². The summed E-state index contributed by atoms with van der Waals surface area (Å²) >= 11 is 0. The van der Waals surface area contributed by atoms with E-state index in [1.54, 1.807) is 4.90 Å². The topological polar surface area (TPSA) is 49.4 Å². The molecule has 0 spiro atoms. The highest BCUT2D eigenvalue weighted by Crippen LogP contribution is 2.19. The Morgan fingerprint density at radius 1 is 1.38 bits per heavy atom. The van der Waals surface area contributed by atoms with Crippen LogP contribution in [0.1, 0.15) is 47.0 Å². The highest BCUT2D eigenvalue weighted by Gasteiger charge is 2.34. The first kappa shape index (κ1) is 13.0. The molecule has 92 valence electrons. The third-order valence-electron chi connectivity index (χ3n) is 2.68. The van der Waals surface area contributed by atoms with E-state index in [0.29, 0.717) is 6.42 Å². The van der Waals surface area contributed by atoms with Gasteiger partial charge in [-0.2, -0.15) is 0 Å². The Morgan fingerprint density at radius 2 is 2.00 bits per heavy atom. The molecule has 0 bridgehead atoms. The highest BCUT2D eigenvalue weighted by molar-refractivity contribution is 5.88. The van der Waals surface area contributed by atoms with Crippen LogP contribution in [0.25, 0.3) is 0 Å². The molecule has 0 saturated carbocycles. The van der Waals surface area contributed by atoms with Crippen molar-refractivity contribution in [1.82, 2.24) is 10.2 Å². The minimum absolute atomic E-state index is 0.0215. The molecular weight excluding hydrogens is 204 g/mol. The second-order valence-corrected chi connectivity index (χ2v) is 5.34. The maximum absolute atomic E-state index is 12.0. The number of nitrogens with one attached hydrogen (secondary N) is 1. The molecule has 0 aliphatic carbocycles. The summed E-state index contributed by atoms with van der Waals surface area (Å²) in [6.45, 7) is 8.40. The van der Waals surface area contributed by atoms with E-state index in [4.69, 9.17) is 0 Å². The maximum Gasteiger partial charge on any atom is 0.243 e. The summed E-state index contributed by atoms with van der Waals surface area (Å²) in [5.74, 6) is 0.0540. The fourth-order valence-electron chi connectivity index (χ4n) is 1.99. The van der Waals surface area contributed by atoms with E-state index in [2.05, 4.69) is 5.32 Å². The van der Waals surface area contributed by atoms with Crippen molar-refractivity contribution in [2.75, 3.05) is 6.54 Å². The van der Waals surface area contributed by atoms with Crippen LogP contribution in [0.5, 0.6) is 0 Å². The van der Waals surface area contributed by atoms with Gasteiger partial charge < -0.3 is 10.2 Å². The standard InChI is InChI=1S/C12H22N2O2/c1-5-10(15)14-8-6-7-9(14)11(16)13-12(2,3)4/h9H,5-8H2,1-4H3,(H,13,16). The van der Waals surface area contributed by atoms with Crippen molar-refractivity contribution in [2.24, 2.45) is 0 Å². The lowest BCUT2D eigenvalue weighted by Gasteiger charge is -2.28. The van der Waals surface area contributed by atoms with Crippen molar-refractivity contribution in [1.29, 1.82) is 0 Å². The third kappa shape index (κ3) is 3.22. The summed E-state index contributed by atoms with van der Waals surface area (Å²) in [4.78, 5) is 25.3. The third-order valence-corrected chi connectivity index (χ3v) is 2.68. The largest absolute Gasteiger partial charge is 0.350 e. The first-order valence-electron chi connectivity index (χ1n) is 5.96. The fourth-order valence-corrected chi connectivity index (χ4v) is 1.99. The van der Waals surface area contributed by atoms with Gasteiger partial charge in [0.2, 0.25) is 11.8 Å². The maximum atomic E-state index is 12.0. The lowest BCUT2D eigenvalue weighted by molar-refractivity contribution is -0.138. The minimum atomic E-state index is -0.258. The fraction of sp³-hybridized carbons (Fsp3) is 0.833. The molecule has 1 unspecified atom stereocenters. The Bertz CT molecular complexity index is 281. The first-order valence-corrected chi connectivity index (χ1v) is 5.96. The van der Waals surface area contributed by atoms with Crippen LogP contribution in [0.2, 0.25) is 0 Å². The molecule has 4 heteroatoms. The number of carbonyl (C=O) groups excluding carboxylic acids is 2. The van der Waals surface area contributed by atoms with Gasteiger partial charge in [-0.25, -0.2) is 0 Å². The molecule has 2 amide bonds. The number of carbonyl (C=O) groups is 2. The van der Waals surface area contributed by atoms with Crippen molar-refractivity contribution < 1.29 is 9.59 Å². The Labute approximate surface area is 97.4 Å². The van der Waals surface area contributed by atoms with E-state index in [1.807, 2.05) is 27.7 Å². The summed E-state index contributed by atoms with van der Waals surface area (Å²) in [6.07, 6.45) is 2.18. The van der Waals surface area contributed by atoms with Gasteiger partial charge in [0.05, 0.1) is 0 Å². The monoisotopic (exact) mass is 226 g/mol. The molecule has 1 heterocycles. The van der Waals surface area contributed by atoms with Gasteiger partial charge in [0, 0.05) is 18.5 Å². The average molecular weight is 226 g/mol. The van der Waals surface area contributed by atoms with E-state index in [1.165, 1.54) is 0 Å². The summed E-state index contributed by atoms with van der Waals surface area (Å²) in [5, 5.41) is 2.94. The molecule has 1 N–H and O–H groups in total. The first-order chi connectivity index (χ1) is 7.35. The van der Waals surface area contributed by atoms with Gasteiger partial charge >= 0.3 is 0 Å². The summed E-state index contributed by atoms with van der Waals surface area (Å²) in [7, 11) is 0. The lowest BCUT2D eigenvalue weighted by atomic mass is 10.1. The molecule has 16 heavy (non-hydrogen) atoms. The lowest BCUT2D eigenvalue weighted by Crippen LogP contribution is -2.51. The minimum Gasteiger partial charge on any atom is -0.350 e. The Hall–Kier alpha value is -1.06. The Morgan fingerprint density at radius 3 is 2.50 bits per heavy atom. The van der Waals surface area contributed by atoms with Gasteiger partial charge in [-0.05, 0) is 33.6 Å². The van der Waals surface area contributed by atoms with E-state index in [0.717, 1.165) is 19.4 Å². The molecule has 1 rings (SSSR count). The number of nitrogens with zero attached hydrogens (tertiary/aromatic N) is 1. The molecule has 0 aromatic rings. The molecule has 0 aromatic carbocycles. The van der Waals surface area contributed by atoms with E-state index < -0.39 is 0 Å². The number of rotatable bonds is 2. The second kappa shape index (κ2) is 4.85. The van der Waals surface area contributed by atoms with Crippen molar-refractivity contribution >= 4 is 11.8 Å². The van der Waals surface area contributed by atoms with E-state index >= 15 is 0 Å². The van der Waals surface area contributed by atoms with Crippen LogP contribution in [0.3, 0.4) is 0 Å². The van der Waals surface area contributed by atoms with E-state index in [9.17, 15) is 9.59 Å². The zero-order valence-corrected chi connectivity index (χ0v) is 10.7. The molecule has 4 nitrogen and oxygen atoms in total. The zero-order chi connectivity index (χ0) is 12.3. The van der Waals surface area contributed by atoms with Crippen LogP contribution in [-0.4, -0.2) is 34.8 Å². The van der Waals surface area contributed by atoms with Gasteiger partial charge in [0.25, 0.3) is 0 Å². The second-order valence-electron chi connectivity index (χ2n) is 5.34. The van der Waals surface area contributed by atoms with Crippen LogP contribution in [0.15, 0.2) is 0 Å². The van der Waals surface area contributed by atoms with Gasteiger partial charge in [-0.3, -0.25) is 9.59 Å². The number of likely N-dealkylation sites (tertiary alicyclic amines) is 1. The van der Waals surface area contributed by atoms with Gasteiger partial charge in [0.1, 0.15) is 6.04 Å². The number of hydrogen-bond donors (Lipinski definition) is 1. The molecule has 1 aliphatic rings. The molecular formula is C12H22N2O2. The quantitative estimate of drug-likeness (QED) is 0.771. The highest BCUT2D eigenvalue weighted by atomic mass is 16.2. The van der Waals surface area contributed by atoms with Crippen LogP contribution < -0.4 is 5.32 Å². The molecule has 0 aromatic heterocycles. The molecule has 1 aliphatic heterocycles. The van der Waals surface area contributed by atoms with Crippen molar-refractivity contribution in [3.63, 3.8) is 0 Å². The molecule has 0 radical (unpaired) electrons. The summed E-state index contributed by atoms with van der Waals surface area (Å²) in [5.41, 5.74) is -0.236. The summed E-state index contributed by atoms with van der Waals surface area (Å²) < 4.78 is 0. The smallest absolute Gasteiger partial charge is 0.243 e. The van der Waals surface area contributed by atoms with Gasteiger partial charge in [-0.1, -0.05) is 6.92 Å². The number of amides is 2. The van der Waals surface area contributed by atoms with Gasteiger partial charge in [-0.15, -0.1) is 0 Å². The van der Waals surface area contributed by atoms with Crippen LogP contribution in [-0.2, 0) is 9.59 Å². The Kier molecular flexibility index (Phi) is 3.94. The van der Waals surface area contributed by atoms with Crippen molar-refractivity contribution in [3.05, 3.63) is 0 Å². The van der Waals surface area contributed by atoms with E-state index in [-0.39, 0.29) is 23.4 Å². The van der Waals surface area contributed by atoms with Crippen LogP contribution in [0, 0.1) is 0 Å². The predicted octanol–water partition coefficient (Wildman–Crippen LogP) is 1.30. The number of hydrogen-bond acceptors (Lipinski definition) is 2. The molecule has 1 fully saturated rings. The SMILES string of the molecule is CCC(=O)N1CCCC1C(=O)NC(C)(C)C. The van der Waals surface area contributed by atoms with Crippen molar-refractivity contribution in [3.8, 4) is 0 Å². The molecule has 1 atom stereocenters. The predicted molar refractivity (Wildman–Crippen MR) is 62.9 cm³/mol. The van der Waals surface area contributed by atoms with Crippen molar-refractivity contribution in [2.45, 2.75) is 58.5 Å². The Balaban J connectivity index is 2.65. The zero-order valence-electron chi connectivity index (χ0n) is 10.7.